The maximum Gasteiger partial charge on any atom is 0.244 e. The lowest BCUT2D eigenvalue weighted by Crippen LogP contribution is -2.59. The average molecular weight is 300 g/mol. The summed E-state index contributed by atoms with van der Waals surface area (Å²) in [6.45, 7) is 6.24. The fourth-order valence-electron chi connectivity index (χ4n) is 3.20. The van der Waals surface area contributed by atoms with Crippen LogP contribution in [-0.2, 0) is 14.6 Å². The van der Waals surface area contributed by atoms with Gasteiger partial charge in [0.2, 0.25) is 5.91 Å². The van der Waals surface area contributed by atoms with Crippen molar-refractivity contribution in [1.82, 2.24) is 10.2 Å². The second-order valence-corrected chi connectivity index (χ2v) is 8.21. The van der Waals surface area contributed by atoms with E-state index in [4.69, 9.17) is 0 Å². The van der Waals surface area contributed by atoms with Gasteiger partial charge in [0.05, 0.1) is 0 Å². The van der Waals surface area contributed by atoms with E-state index in [-0.39, 0.29) is 5.91 Å². The van der Waals surface area contributed by atoms with Crippen molar-refractivity contribution in [3.63, 3.8) is 0 Å². The molecule has 1 N–H and O–H groups in total. The summed E-state index contributed by atoms with van der Waals surface area (Å²) in [6.07, 6.45) is 5.66. The Morgan fingerprint density at radius 3 is 2.30 bits per heavy atom. The minimum absolute atomic E-state index is 0.191. The third kappa shape index (κ3) is 2.76. The predicted octanol–water partition coefficient (Wildman–Crippen LogP) is 0.578. The van der Waals surface area contributed by atoms with E-state index in [0.29, 0.717) is 44.9 Å². The molecule has 2 aliphatic heterocycles. The van der Waals surface area contributed by atoms with Crippen LogP contribution in [0.3, 0.4) is 0 Å². The number of carbonyl (C=O) groups is 1. The molecule has 2 fully saturated rings. The lowest BCUT2D eigenvalue weighted by molar-refractivity contribution is -0.136. The topological polar surface area (TPSA) is 66.5 Å². The standard InChI is InChI=1S/C14H24N2O3S/c1-3-12-4-10-16(11-5-12)13(17)14(20(2,18)19)6-8-15-9-7-14/h3,12,15H,1,4-11H2,2H3. The number of piperidine rings is 2. The first-order valence-electron chi connectivity index (χ1n) is 7.23. The van der Waals surface area contributed by atoms with Crippen LogP contribution in [0, 0.1) is 5.92 Å². The number of hydrogen-bond donors (Lipinski definition) is 1. The van der Waals surface area contributed by atoms with Gasteiger partial charge in [-0.05, 0) is 44.7 Å². The van der Waals surface area contributed by atoms with Gasteiger partial charge in [0.1, 0.15) is 0 Å². The molecule has 2 aliphatic rings. The predicted molar refractivity (Wildman–Crippen MR) is 79.2 cm³/mol. The lowest BCUT2D eigenvalue weighted by atomic mass is 9.92. The summed E-state index contributed by atoms with van der Waals surface area (Å²) < 4.78 is 23.2. The van der Waals surface area contributed by atoms with Gasteiger partial charge in [-0.25, -0.2) is 8.42 Å². The van der Waals surface area contributed by atoms with Gasteiger partial charge in [-0.15, -0.1) is 6.58 Å². The van der Waals surface area contributed by atoms with Gasteiger partial charge in [-0.3, -0.25) is 4.79 Å². The molecule has 0 unspecified atom stereocenters. The summed E-state index contributed by atoms with van der Waals surface area (Å²) in [5.41, 5.74) is 0. The molecule has 0 atom stereocenters. The Morgan fingerprint density at radius 2 is 1.85 bits per heavy atom. The summed E-state index contributed by atoms with van der Waals surface area (Å²) in [5, 5.41) is 3.14. The van der Waals surface area contributed by atoms with Crippen LogP contribution in [0.25, 0.3) is 0 Å². The number of allylic oxidation sites excluding steroid dienone is 1. The highest BCUT2D eigenvalue weighted by Crippen LogP contribution is 2.31. The molecule has 1 amide bonds. The molecular formula is C14H24N2O3S. The van der Waals surface area contributed by atoms with Crippen molar-refractivity contribution in [2.45, 2.75) is 30.4 Å². The number of nitrogens with zero attached hydrogens (tertiary/aromatic N) is 1. The molecule has 114 valence electrons. The second-order valence-electron chi connectivity index (χ2n) is 5.88. The minimum Gasteiger partial charge on any atom is -0.341 e. The number of rotatable bonds is 3. The monoisotopic (exact) mass is 300 g/mol. The summed E-state index contributed by atoms with van der Waals surface area (Å²) in [5.74, 6) is 0.255. The molecule has 0 bridgehead atoms. The molecule has 0 aromatic heterocycles. The van der Waals surface area contributed by atoms with Crippen LogP contribution in [0.1, 0.15) is 25.7 Å². The number of amides is 1. The Kier molecular flexibility index (Phi) is 4.54. The Bertz CT molecular complexity index is 473. The van der Waals surface area contributed by atoms with Crippen molar-refractivity contribution in [2.75, 3.05) is 32.4 Å². The first-order valence-corrected chi connectivity index (χ1v) is 9.12. The van der Waals surface area contributed by atoms with E-state index in [0.717, 1.165) is 12.8 Å². The van der Waals surface area contributed by atoms with Crippen molar-refractivity contribution in [1.29, 1.82) is 0 Å². The zero-order valence-corrected chi connectivity index (χ0v) is 12.9. The molecular weight excluding hydrogens is 276 g/mol. The van der Waals surface area contributed by atoms with Crippen LogP contribution in [-0.4, -0.2) is 56.4 Å². The molecule has 2 rings (SSSR count). The molecule has 0 aliphatic carbocycles. The molecule has 0 aromatic carbocycles. The van der Waals surface area contributed by atoms with Gasteiger partial charge < -0.3 is 10.2 Å². The van der Waals surface area contributed by atoms with Crippen molar-refractivity contribution in [2.24, 2.45) is 5.92 Å². The van der Waals surface area contributed by atoms with Crippen LogP contribution >= 0.6 is 0 Å². The summed E-state index contributed by atoms with van der Waals surface area (Å²) in [7, 11) is -3.41. The van der Waals surface area contributed by atoms with Crippen molar-refractivity contribution in [3.05, 3.63) is 12.7 Å². The molecule has 5 nitrogen and oxygen atoms in total. The SMILES string of the molecule is C=CC1CCN(C(=O)C2(S(C)(=O)=O)CCNCC2)CC1. The van der Waals surface area contributed by atoms with Crippen molar-refractivity contribution >= 4 is 15.7 Å². The third-order valence-corrected chi connectivity index (χ3v) is 6.67. The molecule has 0 aromatic rings. The number of hydrogen-bond acceptors (Lipinski definition) is 4. The van der Waals surface area contributed by atoms with E-state index >= 15 is 0 Å². The Balaban J connectivity index is 2.18. The molecule has 2 heterocycles. The van der Waals surface area contributed by atoms with Gasteiger partial charge >= 0.3 is 0 Å². The van der Waals surface area contributed by atoms with E-state index in [1.54, 1.807) is 4.90 Å². The van der Waals surface area contributed by atoms with Gasteiger partial charge in [0, 0.05) is 19.3 Å². The molecule has 6 heteroatoms. The van der Waals surface area contributed by atoms with Gasteiger partial charge in [0.25, 0.3) is 0 Å². The molecule has 0 saturated carbocycles. The van der Waals surface area contributed by atoms with E-state index in [9.17, 15) is 13.2 Å². The van der Waals surface area contributed by atoms with E-state index < -0.39 is 14.6 Å². The fourth-order valence-corrected chi connectivity index (χ4v) is 4.59. The maximum absolute atomic E-state index is 12.8. The van der Waals surface area contributed by atoms with Crippen molar-refractivity contribution < 1.29 is 13.2 Å². The van der Waals surface area contributed by atoms with Crippen LogP contribution in [0.2, 0.25) is 0 Å². The fraction of sp³-hybridized carbons (Fsp3) is 0.786. The Labute approximate surface area is 121 Å². The van der Waals surface area contributed by atoms with Gasteiger partial charge in [0.15, 0.2) is 14.6 Å². The number of likely N-dealkylation sites (tertiary alicyclic amines) is 1. The Morgan fingerprint density at radius 1 is 1.30 bits per heavy atom. The molecule has 0 radical (unpaired) electrons. The van der Waals surface area contributed by atoms with Crippen LogP contribution in [0.4, 0.5) is 0 Å². The maximum atomic E-state index is 12.8. The first kappa shape index (κ1) is 15.5. The number of nitrogens with one attached hydrogen (secondary N) is 1. The van der Waals surface area contributed by atoms with Crippen LogP contribution in [0.5, 0.6) is 0 Å². The lowest BCUT2D eigenvalue weighted by Gasteiger charge is -2.40. The molecule has 20 heavy (non-hydrogen) atoms. The summed E-state index contributed by atoms with van der Waals surface area (Å²) in [4.78, 5) is 14.6. The smallest absolute Gasteiger partial charge is 0.244 e. The quantitative estimate of drug-likeness (QED) is 0.774. The van der Waals surface area contributed by atoms with Gasteiger partial charge in [-0.2, -0.15) is 0 Å². The summed E-state index contributed by atoms with van der Waals surface area (Å²) in [6, 6.07) is 0. The highest BCUT2D eigenvalue weighted by Gasteiger charge is 2.50. The van der Waals surface area contributed by atoms with E-state index in [2.05, 4.69) is 11.9 Å². The molecule has 0 spiro atoms. The van der Waals surface area contributed by atoms with E-state index in [1.807, 2.05) is 6.08 Å². The Hall–Kier alpha value is -0.880. The normalized spacial score (nSPS) is 24.4. The summed E-state index contributed by atoms with van der Waals surface area (Å²) >= 11 is 0. The average Bonchev–Trinajstić information content (AvgIpc) is 2.46. The van der Waals surface area contributed by atoms with Crippen LogP contribution in [0.15, 0.2) is 12.7 Å². The first-order chi connectivity index (χ1) is 9.40. The van der Waals surface area contributed by atoms with Crippen molar-refractivity contribution in [3.8, 4) is 0 Å². The van der Waals surface area contributed by atoms with E-state index in [1.165, 1.54) is 6.26 Å². The minimum atomic E-state index is -3.41. The zero-order valence-electron chi connectivity index (χ0n) is 12.1. The number of carbonyl (C=O) groups excluding carboxylic acids is 1. The molecule has 2 saturated heterocycles. The highest BCUT2D eigenvalue weighted by molar-refractivity contribution is 7.92. The number of sulfone groups is 1. The second kappa shape index (κ2) is 5.85. The third-order valence-electron chi connectivity index (χ3n) is 4.67. The van der Waals surface area contributed by atoms with Crippen LogP contribution < -0.4 is 5.32 Å². The van der Waals surface area contributed by atoms with Gasteiger partial charge in [-0.1, -0.05) is 6.08 Å². The zero-order chi connectivity index (χ0) is 14.8. The largest absolute Gasteiger partial charge is 0.341 e. The highest BCUT2D eigenvalue weighted by atomic mass is 32.2.